The van der Waals surface area contributed by atoms with Crippen LogP contribution in [0.15, 0.2) is 47.9 Å². The van der Waals surface area contributed by atoms with E-state index in [9.17, 15) is 30.4 Å². The van der Waals surface area contributed by atoms with Gasteiger partial charge in [0.15, 0.2) is 16.4 Å². The quantitative estimate of drug-likeness (QED) is 0.359. The van der Waals surface area contributed by atoms with Crippen LogP contribution in [-0.4, -0.2) is 35.1 Å². The second-order valence-corrected chi connectivity index (χ2v) is 8.71. The molecule has 3 heterocycles. The number of fused-ring (bicyclic) bond motifs is 1. The lowest BCUT2D eigenvalue weighted by Crippen LogP contribution is -2.17. The Balaban J connectivity index is 1.61. The van der Waals surface area contributed by atoms with Crippen LogP contribution in [0, 0.1) is 17.5 Å². The minimum Gasteiger partial charge on any atom is -0.487 e. The van der Waals surface area contributed by atoms with Gasteiger partial charge in [0.25, 0.3) is 10.0 Å². The number of rotatable bonds is 7. The van der Waals surface area contributed by atoms with Crippen LogP contribution in [-0.2, 0) is 22.8 Å². The molecule has 16 heteroatoms. The Hall–Kier alpha value is -4.08. The fraction of sp³-hybridized carbons (Fsp3) is 0.150. The largest absolute Gasteiger partial charge is 0.487 e. The predicted molar refractivity (Wildman–Crippen MR) is 110 cm³/mol. The molecule has 4 rings (SSSR count). The Labute approximate surface area is 198 Å². The second-order valence-electron chi connectivity index (χ2n) is 7.05. The fourth-order valence-electron chi connectivity index (χ4n) is 3.08. The molecule has 0 fully saturated rings. The van der Waals surface area contributed by atoms with Gasteiger partial charge in [-0.05, 0) is 12.1 Å². The highest BCUT2D eigenvalue weighted by atomic mass is 32.2. The van der Waals surface area contributed by atoms with E-state index in [1.165, 1.54) is 0 Å². The average Bonchev–Trinajstić information content (AvgIpc) is 3.25. The van der Waals surface area contributed by atoms with E-state index in [1.54, 1.807) is 0 Å². The van der Waals surface area contributed by atoms with E-state index in [4.69, 9.17) is 9.47 Å². The molecule has 0 unspecified atom stereocenters. The van der Waals surface area contributed by atoms with E-state index in [1.807, 2.05) is 4.72 Å². The van der Waals surface area contributed by atoms with Crippen molar-refractivity contribution in [2.24, 2.45) is 0 Å². The number of benzene rings is 1. The van der Waals surface area contributed by atoms with Crippen molar-refractivity contribution in [1.29, 1.82) is 0 Å². The molecule has 0 saturated heterocycles. The maximum atomic E-state index is 15.0. The third-order valence-corrected chi connectivity index (χ3v) is 6.08. The van der Waals surface area contributed by atoms with E-state index in [0.717, 1.165) is 42.3 Å². The number of pyridine rings is 1. The summed E-state index contributed by atoms with van der Waals surface area (Å²) < 4.78 is 120. The maximum Gasteiger partial charge on any atom is 0.435 e. The van der Waals surface area contributed by atoms with Crippen molar-refractivity contribution in [2.75, 3.05) is 11.8 Å². The number of nitrogens with zero attached hydrogens (tertiary/aromatic N) is 4. The lowest BCUT2D eigenvalue weighted by atomic mass is 10.2. The summed E-state index contributed by atoms with van der Waals surface area (Å²) in [5, 5.41) is 3.70. The number of ether oxygens (including phenoxy) is 2. The fourth-order valence-corrected chi connectivity index (χ4v) is 4.27. The Bertz CT molecular complexity index is 1560. The molecule has 3 aromatic heterocycles. The Kier molecular flexibility index (Phi) is 6.38. The summed E-state index contributed by atoms with van der Waals surface area (Å²) in [5.41, 5.74) is -3.16. The second kappa shape index (κ2) is 9.18. The Morgan fingerprint density at radius 1 is 1.08 bits per heavy atom. The zero-order valence-corrected chi connectivity index (χ0v) is 18.7. The van der Waals surface area contributed by atoms with Crippen molar-refractivity contribution in [3.63, 3.8) is 0 Å². The van der Waals surface area contributed by atoms with Gasteiger partial charge in [0, 0.05) is 12.1 Å². The standard InChI is InChI=1S/C20H13F6N5O4S/c1-34-19-16(4-10(21)6-27-19)36(32,33)30-14-3-2-13(22)12(17(14)23)8-35-11-5-15-18(20(24,25)26)28-9-31(15)29-7-11/h2-7,9,30H,8H2,1H3. The first-order valence-electron chi connectivity index (χ1n) is 9.63. The van der Waals surface area contributed by atoms with Crippen LogP contribution in [0.3, 0.4) is 0 Å². The van der Waals surface area contributed by atoms with Crippen LogP contribution >= 0.6 is 0 Å². The Morgan fingerprint density at radius 3 is 2.53 bits per heavy atom. The normalized spacial score (nSPS) is 12.1. The van der Waals surface area contributed by atoms with Gasteiger partial charge in [-0.15, -0.1) is 0 Å². The molecular formula is C20H13F6N5O4S. The number of hydrogen-bond acceptors (Lipinski definition) is 7. The van der Waals surface area contributed by atoms with Crippen LogP contribution in [0.5, 0.6) is 11.6 Å². The van der Waals surface area contributed by atoms with Crippen molar-refractivity contribution in [3.8, 4) is 11.6 Å². The van der Waals surface area contributed by atoms with Crippen LogP contribution in [0.2, 0.25) is 0 Å². The van der Waals surface area contributed by atoms with Crippen molar-refractivity contribution < 1.29 is 44.2 Å². The van der Waals surface area contributed by atoms with Crippen molar-refractivity contribution in [3.05, 3.63) is 71.7 Å². The smallest absolute Gasteiger partial charge is 0.435 e. The summed E-state index contributed by atoms with van der Waals surface area (Å²) in [4.78, 5) is 5.99. The summed E-state index contributed by atoms with van der Waals surface area (Å²) in [7, 11) is -3.56. The molecule has 0 spiro atoms. The van der Waals surface area contributed by atoms with Gasteiger partial charge >= 0.3 is 6.18 Å². The van der Waals surface area contributed by atoms with Gasteiger partial charge in [-0.3, -0.25) is 4.72 Å². The number of methoxy groups -OCH3 is 1. The molecule has 0 aliphatic carbocycles. The zero-order valence-electron chi connectivity index (χ0n) is 17.8. The highest BCUT2D eigenvalue weighted by molar-refractivity contribution is 7.92. The summed E-state index contributed by atoms with van der Waals surface area (Å²) in [5.74, 6) is -4.27. The zero-order chi connectivity index (χ0) is 26.3. The molecule has 4 aromatic rings. The van der Waals surface area contributed by atoms with Crippen LogP contribution < -0.4 is 14.2 Å². The highest BCUT2D eigenvalue weighted by Gasteiger charge is 2.36. The minimum absolute atomic E-state index is 0.270. The molecular weight excluding hydrogens is 520 g/mol. The van der Waals surface area contributed by atoms with E-state index >= 15 is 4.39 Å². The first-order valence-corrected chi connectivity index (χ1v) is 11.1. The molecule has 36 heavy (non-hydrogen) atoms. The number of hydrogen-bond donors (Lipinski definition) is 1. The first-order chi connectivity index (χ1) is 16.9. The summed E-state index contributed by atoms with van der Waals surface area (Å²) in [6.45, 7) is -0.842. The molecule has 1 N–H and O–H groups in total. The first kappa shape index (κ1) is 25.0. The van der Waals surface area contributed by atoms with Gasteiger partial charge in [0.2, 0.25) is 5.88 Å². The molecule has 9 nitrogen and oxygen atoms in total. The van der Waals surface area contributed by atoms with Crippen molar-refractivity contribution in [2.45, 2.75) is 17.7 Å². The van der Waals surface area contributed by atoms with Gasteiger partial charge in [-0.2, -0.15) is 18.3 Å². The van der Waals surface area contributed by atoms with E-state index in [2.05, 4.69) is 15.1 Å². The summed E-state index contributed by atoms with van der Waals surface area (Å²) >= 11 is 0. The summed E-state index contributed by atoms with van der Waals surface area (Å²) in [6.07, 6.45) is -2.24. The number of alkyl halides is 3. The lowest BCUT2D eigenvalue weighted by molar-refractivity contribution is -0.139. The van der Waals surface area contributed by atoms with Gasteiger partial charge in [-0.1, -0.05) is 0 Å². The topological polar surface area (TPSA) is 108 Å². The number of halogens is 6. The molecule has 0 aliphatic heterocycles. The molecule has 0 aliphatic rings. The Morgan fingerprint density at radius 2 is 1.83 bits per heavy atom. The number of nitrogens with one attached hydrogen (secondary N) is 1. The minimum atomic E-state index is -4.78. The van der Waals surface area contributed by atoms with Gasteiger partial charge < -0.3 is 9.47 Å². The number of imidazole rings is 1. The molecule has 190 valence electrons. The molecule has 1 aromatic carbocycles. The molecule has 0 amide bonds. The molecule has 0 atom stereocenters. The van der Waals surface area contributed by atoms with Gasteiger partial charge in [0.1, 0.15) is 35.8 Å². The van der Waals surface area contributed by atoms with Crippen molar-refractivity contribution >= 4 is 21.2 Å². The summed E-state index contributed by atoms with van der Waals surface area (Å²) in [6, 6.07) is 3.03. The van der Waals surface area contributed by atoms with Crippen LogP contribution in [0.4, 0.5) is 32.0 Å². The van der Waals surface area contributed by atoms with E-state index in [0.29, 0.717) is 12.3 Å². The molecule has 0 bridgehead atoms. The monoisotopic (exact) mass is 533 g/mol. The van der Waals surface area contributed by atoms with E-state index in [-0.39, 0.29) is 5.75 Å². The van der Waals surface area contributed by atoms with E-state index < -0.39 is 73.5 Å². The van der Waals surface area contributed by atoms with Gasteiger partial charge in [-0.25, -0.2) is 36.1 Å². The van der Waals surface area contributed by atoms with Crippen LogP contribution in [0.1, 0.15) is 11.3 Å². The average molecular weight is 533 g/mol. The molecule has 0 radical (unpaired) electrons. The number of aromatic nitrogens is 4. The van der Waals surface area contributed by atoms with Crippen LogP contribution in [0.25, 0.3) is 5.52 Å². The number of anilines is 1. The van der Waals surface area contributed by atoms with Crippen molar-refractivity contribution in [1.82, 2.24) is 19.6 Å². The third-order valence-electron chi connectivity index (χ3n) is 4.72. The maximum absolute atomic E-state index is 15.0. The predicted octanol–water partition coefficient (Wildman–Crippen LogP) is 3.95. The SMILES string of the molecule is COc1ncc(F)cc1S(=O)(=O)Nc1ccc(F)c(COc2cnn3cnc(C(F)(F)F)c3c2)c1F. The third kappa shape index (κ3) is 4.84. The molecule has 0 saturated carbocycles. The highest BCUT2D eigenvalue weighted by Crippen LogP contribution is 2.32. The van der Waals surface area contributed by atoms with Gasteiger partial charge in [0.05, 0.1) is 30.8 Å². The lowest BCUT2D eigenvalue weighted by Gasteiger charge is -2.14. The number of sulfonamides is 1.